The Morgan fingerprint density at radius 3 is 2.64 bits per heavy atom. The minimum Gasteiger partial charge on any atom is -0.379 e. The van der Waals surface area contributed by atoms with Gasteiger partial charge in [-0.2, -0.15) is 5.10 Å². The molecule has 246 valence electrons. The molecule has 47 heavy (non-hydrogen) atoms. The predicted octanol–water partition coefficient (Wildman–Crippen LogP) is 5.49. The average molecular weight is 640 g/mol. The van der Waals surface area contributed by atoms with Crippen LogP contribution in [0.4, 0.5) is 10.1 Å². The van der Waals surface area contributed by atoms with Gasteiger partial charge in [-0.05, 0) is 68.1 Å². The van der Waals surface area contributed by atoms with Crippen molar-refractivity contribution >= 4 is 28.4 Å². The number of ether oxygens (including phenoxy) is 2. The van der Waals surface area contributed by atoms with Gasteiger partial charge in [-0.1, -0.05) is 36.4 Å². The molecule has 10 heteroatoms. The highest BCUT2D eigenvalue weighted by atomic mass is 19.1. The molecule has 1 N–H and O–H groups in total. The van der Waals surface area contributed by atoms with E-state index in [9.17, 15) is 9.59 Å². The molecular weight excluding hydrogens is 597 g/mol. The first-order valence-corrected chi connectivity index (χ1v) is 16.4. The van der Waals surface area contributed by atoms with Crippen molar-refractivity contribution in [2.75, 3.05) is 38.3 Å². The Morgan fingerprint density at radius 2 is 1.87 bits per heavy atom. The van der Waals surface area contributed by atoms with Crippen LogP contribution in [0.25, 0.3) is 10.9 Å². The number of hydrogen-bond donors (Lipinski definition) is 1. The highest BCUT2D eigenvalue weighted by Crippen LogP contribution is 2.45. The first-order valence-electron chi connectivity index (χ1n) is 16.4. The average Bonchev–Trinajstić information content (AvgIpc) is 3.67. The van der Waals surface area contributed by atoms with E-state index in [0.717, 1.165) is 35.1 Å². The maximum absolute atomic E-state index is 15.4. The third-order valence-electron chi connectivity index (χ3n) is 10.3. The number of aromatic nitrogens is 2. The number of likely N-dealkylation sites (tertiary alicyclic amines) is 1. The summed E-state index contributed by atoms with van der Waals surface area (Å²) in [5.41, 5.74) is 4.11. The number of morpholine rings is 1. The van der Waals surface area contributed by atoms with E-state index in [1.807, 2.05) is 37.4 Å². The third kappa shape index (κ3) is 5.94. The molecule has 9 nitrogen and oxygen atoms in total. The van der Waals surface area contributed by atoms with Crippen LogP contribution in [0.1, 0.15) is 53.4 Å². The highest BCUT2D eigenvalue weighted by Gasteiger charge is 2.51. The molecule has 4 aromatic rings. The maximum atomic E-state index is 15.4. The molecule has 0 aliphatic carbocycles. The van der Waals surface area contributed by atoms with Gasteiger partial charge in [-0.15, -0.1) is 0 Å². The van der Waals surface area contributed by atoms with E-state index in [2.05, 4.69) is 41.3 Å². The summed E-state index contributed by atoms with van der Waals surface area (Å²) in [6.07, 6.45) is 2.31. The minimum atomic E-state index is -0.625. The standard InChI is InChI=1S/C37H42FN5O4/c1-23-6-5-7-30(38)33(23)36(45)43-32-21-47-20-27(32)17-29(35(44)40-28-12-13-31-26(16-28)18-39-41(31)4)34(43)25-10-8-24(9-11-25)19-42-14-15-46-22-37(42,2)3/h5-13,16,18,27,29,32,34H,14-15,17,19-22H2,1-4H3,(H,40,44)/t27-,29-,32+,34-/m0/s1. The zero-order chi connectivity index (χ0) is 32.9. The number of hydrogen-bond acceptors (Lipinski definition) is 6. The summed E-state index contributed by atoms with van der Waals surface area (Å²) >= 11 is 0. The van der Waals surface area contributed by atoms with Gasteiger partial charge in [0.1, 0.15) is 5.82 Å². The second-order valence-corrected chi connectivity index (χ2v) is 13.9. The smallest absolute Gasteiger partial charge is 0.257 e. The molecule has 3 aromatic carbocycles. The van der Waals surface area contributed by atoms with Crippen molar-refractivity contribution in [1.29, 1.82) is 0 Å². The predicted molar refractivity (Wildman–Crippen MR) is 177 cm³/mol. The molecule has 0 unspecified atom stereocenters. The van der Waals surface area contributed by atoms with Gasteiger partial charge in [0.2, 0.25) is 5.91 Å². The number of nitrogens with zero attached hydrogens (tertiary/aromatic N) is 4. The molecule has 3 aliphatic heterocycles. The molecule has 7 rings (SSSR count). The number of nitrogens with one attached hydrogen (secondary N) is 1. The second kappa shape index (κ2) is 12.5. The Balaban J connectivity index is 1.26. The lowest BCUT2D eigenvalue weighted by molar-refractivity contribution is -0.124. The van der Waals surface area contributed by atoms with Crippen molar-refractivity contribution in [2.24, 2.45) is 18.9 Å². The summed E-state index contributed by atoms with van der Waals surface area (Å²) in [6.45, 7) is 9.89. The Labute approximate surface area is 274 Å². The Kier molecular flexibility index (Phi) is 8.36. The summed E-state index contributed by atoms with van der Waals surface area (Å²) in [6, 6.07) is 17.7. The molecule has 0 spiro atoms. The fourth-order valence-corrected chi connectivity index (χ4v) is 7.63. The fourth-order valence-electron chi connectivity index (χ4n) is 7.63. The van der Waals surface area contributed by atoms with Gasteiger partial charge >= 0.3 is 0 Å². The molecule has 4 atom stereocenters. The second-order valence-electron chi connectivity index (χ2n) is 13.9. The van der Waals surface area contributed by atoms with Gasteiger partial charge in [0, 0.05) is 42.7 Å². The van der Waals surface area contributed by atoms with Gasteiger partial charge in [0.05, 0.1) is 61.7 Å². The molecule has 3 fully saturated rings. The molecule has 3 aliphatic rings. The summed E-state index contributed by atoms with van der Waals surface area (Å²) in [4.78, 5) is 33.0. The molecule has 0 radical (unpaired) electrons. The number of amides is 2. The zero-order valence-corrected chi connectivity index (χ0v) is 27.4. The summed E-state index contributed by atoms with van der Waals surface area (Å²) < 4.78 is 28.8. The van der Waals surface area contributed by atoms with Crippen LogP contribution < -0.4 is 5.32 Å². The first-order chi connectivity index (χ1) is 22.6. The topological polar surface area (TPSA) is 88.9 Å². The monoisotopic (exact) mass is 639 g/mol. The van der Waals surface area contributed by atoms with Crippen molar-refractivity contribution in [3.05, 3.63) is 94.9 Å². The first kappa shape index (κ1) is 31.5. The fraction of sp³-hybridized carbons (Fsp3) is 0.432. The van der Waals surface area contributed by atoms with Crippen LogP contribution >= 0.6 is 0 Å². The van der Waals surface area contributed by atoms with Gasteiger partial charge in [0.15, 0.2) is 0 Å². The lowest BCUT2D eigenvalue weighted by atomic mass is 9.76. The Hall–Kier alpha value is -4.12. The highest BCUT2D eigenvalue weighted by molar-refractivity contribution is 5.99. The van der Waals surface area contributed by atoms with E-state index in [-0.39, 0.29) is 29.0 Å². The van der Waals surface area contributed by atoms with Crippen LogP contribution in [-0.4, -0.2) is 75.9 Å². The molecule has 4 heterocycles. The third-order valence-corrected chi connectivity index (χ3v) is 10.3. The van der Waals surface area contributed by atoms with Crippen molar-refractivity contribution in [1.82, 2.24) is 19.6 Å². The number of carbonyl (C=O) groups excluding carboxylic acids is 2. The molecule has 2 amide bonds. The molecule has 0 bridgehead atoms. The van der Waals surface area contributed by atoms with E-state index in [1.54, 1.807) is 34.8 Å². The van der Waals surface area contributed by atoms with Crippen LogP contribution in [0.5, 0.6) is 0 Å². The molecule has 3 saturated heterocycles. The van der Waals surface area contributed by atoms with Gasteiger partial charge in [0.25, 0.3) is 5.91 Å². The molecular formula is C37H42FN5O4. The number of rotatable bonds is 6. The van der Waals surface area contributed by atoms with Crippen molar-refractivity contribution < 1.29 is 23.5 Å². The van der Waals surface area contributed by atoms with Crippen LogP contribution in [0.2, 0.25) is 0 Å². The largest absolute Gasteiger partial charge is 0.379 e. The summed E-state index contributed by atoms with van der Waals surface area (Å²) in [5.74, 6) is -1.82. The SMILES string of the molecule is Cc1cccc(F)c1C(=O)N1[C@@H]2COC[C@@H]2C[C@H](C(=O)Nc2ccc3c(cnn3C)c2)[C@@H]1c1ccc(CN2CCOCC2(C)C)cc1. The number of carbonyl (C=O) groups is 2. The number of aryl methyl sites for hydroxylation is 2. The molecule has 0 saturated carbocycles. The normalized spacial score (nSPS) is 24.3. The van der Waals surface area contributed by atoms with Crippen LogP contribution in [-0.2, 0) is 27.9 Å². The maximum Gasteiger partial charge on any atom is 0.257 e. The van der Waals surface area contributed by atoms with Gasteiger partial charge in [-0.25, -0.2) is 4.39 Å². The van der Waals surface area contributed by atoms with E-state index in [1.165, 1.54) is 6.07 Å². The summed E-state index contributed by atoms with van der Waals surface area (Å²) in [5, 5.41) is 8.38. The quantitative estimate of drug-likeness (QED) is 0.300. The lowest BCUT2D eigenvalue weighted by Crippen LogP contribution is -2.55. The van der Waals surface area contributed by atoms with E-state index in [4.69, 9.17) is 9.47 Å². The van der Waals surface area contributed by atoms with Crippen molar-refractivity contribution in [3.8, 4) is 0 Å². The number of fused-ring (bicyclic) bond motifs is 2. The van der Waals surface area contributed by atoms with E-state index in [0.29, 0.717) is 44.1 Å². The van der Waals surface area contributed by atoms with E-state index >= 15 is 4.39 Å². The van der Waals surface area contributed by atoms with Gasteiger partial charge in [-0.3, -0.25) is 19.2 Å². The number of halogens is 1. The minimum absolute atomic E-state index is 0.0393. The number of benzene rings is 3. The Bertz CT molecular complexity index is 1780. The Morgan fingerprint density at radius 1 is 1.06 bits per heavy atom. The van der Waals surface area contributed by atoms with Crippen LogP contribution in [0.3, 0.4) is 0 Å². The number of piperidine rings is 1. The molecule has 1 aromatic heterocycles. The zero-order valence-electron chi connectivity index (χ0n) is 27.4. The van der Waals surface area contributed by atoms with Crippen LogP contribution in [0, 0.1) is 24.6 Å². The van der Waals surface area contributed by atoms with Gasteiger partial charge < -0.3 is 19.7 Å². The van der Waals surface area contributed by atoms with Crippen LogP contribution in [0.15, 0.2) is 66.9 Å². The lowest BCUT2D eigenvalue weighted by Gasteiger charge is -2.47. The van der Waals surface area contributed by atoms with Crippen molar-refractivity contribution in [3.63, 3.8) is 0 Å². The van der Waals surface area contributed by atoms with E-state index < -0.39 is 23.7 Å². The summed E-state index contributed by atoms with van der Waals surface area (Å²) in [7, 11) is 1.88. The van der Waals surface area contributed by atoms with Crippen molar-refractivity contribution in [2.45, 2.75) is 51.4 Å². The number of anilines is 1.